The highest BCUT2D eigenvalue weighted by atomic mass is 16.4. The SMILES string of the molecule is NC(=O)CC(NC(=O)C(N)Cc1ccc(O)cc1)C(=O)NC(Cc1ccccc1)C(=O)NC(CC(=O)O)C(=O)O. The second kappa shape index (κ2) is 14.8. The van der Waals surface area contributed by atoms with Gasteiger partial charge in [-0.2, -0.15) is 0 Å². The first-order valence-corrected chi connectivity index (χ1v) is 12.1. The molecule has 40 heavy (non-hydrogen) atoms. The maximum atomic E-state index is 13.1. The van der Waals surface area contributed by atoms with Gasteiger partial charge >= 0.3 is 11.9 Å². The molecule has 0 spiro atoms. The van der Waals surface area contributed by atoms with Crippen LogP contribution in [0.3, 0.4) is 0 Å². The number of primary amides is 1. The van der Waals surface area contributed by atoms with Crippen LogP contribution >= 0.6 is 0 Å². The van der Waals surface area contributed by atoms with Crippen molar-refractivity contribution in [2.75, 3.05) is 0 Å². The molecule has 0 aliphatic rings. The fourth-order valence-electron chi connectivity index (χ4n) is 3.65. The summed E-state index contributed by atoms with van der Waals surface area (Å²) in [5.74, 6) is -6.77. The van der Waals surface area contributed by atoms with E-state index in [2.05, 4.69) is 16.0 Å². The molecule has 0 saturated carbocycles. The van der Waals surface area contributed by atoms with Crippen molar-refractivity contribution in [3.8, 4) is 5.75 Å². The quantitative estimate of drug-likeness (QED) is 0.124. The van der Waals surface area contributed by atoms with Crippen molar-refractivity contribution in [2.24, 2.45) is 11.5 Å². The second-order valence-corrected chi connectivity index (χ2v) is 8.96. The van der Waals surface area contributed by atoms with Gasteiger partial charge in [-0.1, -0.05) is 42.5 Å². The molecular weight excluding hydrogens is 526 g/mol. The molecule has 14 heteroatoms. The molecule has 4 unspecified atom stereocenters. The minimum atomic E-state index is -1.78. The fraction of sp³-hybridized carbons (Fsp3) is 0.308. The number of nitrogens with two attached hydrogens (primary N) is 2. The van der Waals surface area contributed by atoms with Crippen molar-refractivity contribution in [2.45, 2.75) is 49.9 Å². The van der Waals surface area contributed by atoms with Crippen molar-refractivity contribution in [3.63, 3.8) is 0 Å². The molecule has 0 radical (unpaired) electrons. The average molecular weight is 558 g/mol. The van der Waals surface area contributed by atoms with Crippen molar-refractivity contribution >= 4 is 35.6 Å². The molecule has 0 aliphatic heterocycles. The van der Waals surface area contributed by atoms with Crippen LogP contribution in [0.5, 0.6) is 5.75 Å². The molecule has 0 aliphatic carbocycles. The Morgan fingerprint density at radius 2 is 1.20 bits per heavy atom. The van der Waals surface area contributed by atoms with Crippen LogP contribution in [0.4, 0.5) is 0 Å². The third-order valence-corrected chi connectivity index (χ3v) is 5.68. The van der Waals surface area contributed by atoms with E-state index in [1.165, 1.54) is 12.1 Å². The molecule has 10 N–H and O–H groups in total. The molecule has 2 aromatic rings. The lowest BCUT2D eigenvalue weighted by molar-refractivity contribution is -0.147. The predicted octanol–water partition coefficient (Wildman–Crippen LogP) is -1.61. The van der Waals surface area contributed by atoms with E-state index < -0.39 is 72.6 Å². The van der Waals surface area contributed by atoms with Gasteiger partial charge in [-0.3, -0.25) is 24.0 Å². The van der Waals surface area contributed by atoms with E-state index in [0.29, 0.717) is 11.1 Å². The van der Waals surface area contributed by atoms with E-state index in [1.807, 2.05) is 0 Å². The number of hydrogen-bond donors (Lipinski definition) is 8. The van der Waals surface area contributed by atoms with Crippen LogP contribution in [0.15, 0.2) is 54.6 Å². The summed E-state index contributed by atoms with van der Waals surface area (Å²) >= 11 is 0. The zero-order chi connectivity index (χ0) is 29.8. The van der Waals surface area contributed by atoms with Gasteiger partial charge in [0, 0.05) is 6.42 Å². The molecule has 0 aromatic heterocycles. The lowest BCUT2D eigenvalue weighted by atomic mass is 10.0. The van der Waals surface area contributed by atoms with Gasteiger partial charge in [-0.05, 0) is 29.7 Å². The number of benzene rings is 2. The molecule has 2 rings (SSSR count). The van der Waals surface area contributed by atoms with E-state index >= 15 is 0 Å². The molecular formula is C26H31N5O9. The zero-order valence-electron chi connectivity index (χ0n) is 21.3. The van der Waals surface area contributed by atoms with Crippen LogP contribution in [-0.2, 0) is 41.6 Å². The number of nitrogens with one attached hydrogen (secondary N) is 3. The maximum Gasteiger partial charge on any atom is 0.326 e. The highest BCUT2D eigenvalue weighted by Gasteiger charge is 2.32. The van der Waals surface area contributed by atoms with E-state index in [-0.39, 0.29) is 18.6 Å². The number of rotatable bonds is 15. The molecule has 4 amide bonds. The summed E-state index contributed by atoms with van der Waals surface area (Å²) in [4.78, 5) is 73.0. The van der Waals surface area contributed by atoms with Crippen LogP contribution in [0, 0.1) is 0 Å². The second-order valence-electron chi connectivity index (χ2n) is 8.96. The molecule has 0 bridgehead atoms. The lowest BCUT2D eigenvalue weighted by Gasteiger charge is -2.24. The number of carboxylic acid groups (broad SMARTS) is 2. The average Bonchev–Trinajstić information content (AvgIpc) is 2.88. The lowest BCUT2D eigenvalue weighted by Crippen LogP contribution is -2.58. The normalized spacial score (nSPS) is 13.6. The standard InChI is InChI=1S/C26H31N5O9/c27-17(10-15-6-8-16(32)9-7-15)23(36)29-19(12-21(28)33)25(38)30-18(11-14-4-2-1-3-5-14)24(37)31-20(26(39)40)13-22(34)35/h1-9,17-20,32H,10-13,27H2,(H2,28,33)(H,29,36)(H,30,38)(H,31,37)(H,34,35)(H,39,40). The number of hydrogen-bond acceptors (Lipinski definition) is 8. The maximum absolute atomic E-state index is 13.1. The number of carbonyl (C=O) groups excluding carboxylic acids is 4. The van der Waals surface area contributed by atoms with Gasteiger partial charge in [0.25, 0.3) is 0 Å². The molecule has 14 nitrogen and oxygen atoms in total. The summed E-state index contributed by atoms with van der Waals surface area (Å²) in [6, 6.07) is 8.39. The number of carboxylic acids is 2. The van der Waals surface area contributed by atoms with Crippen LogP contribution in [-0.4, -0.2) is 75.1 Å². The number of aliphatic carboxylic acids is 2. The van der Waals surface area contributed by atoms with Gasteiger partial charge in [-0.15, -0.1) is 0 Å². The van der Waals surface area contributed by atoms with E-state index in [4.69, 9.17) is 16.6 Å². The Bertz CT molecular complexity index is 1220. The Morgan fingerprint density at radius 1 is 0.675 bits per heavy atom. The summed E-state index contributed by atoms with van der Waals surface area (Å²) in [6.07, 6.45) is -1.64. The number of phenols is 1. The summed E-state index contributed by atoms with van der Waals surface area (Å²) < 4.78 is 0. The van der Waals surface area contributed by atoms with Gasteiger partial charge in [0.1, 0.15) is 23.9 Å². The Kier molecular flexibility index (Phi) is 11.6. The Morgan fingerprint density at radius 3 is 1.75 bits per heavy atom. The van der Waals surface area contributed by atoms with Crippen LogP contribution in [0.25, 0.3) is 0 Å². The Hall–Kier alpha value is -4.98. The van der Waals surface area contributed by atoms with Gasteiger partial charge < -0.3 is 42.7 Å². The van der Waals surface area contributed by atoms with E-state index in [1.54, 1.807) is 42.5 Å². The highest BCUT2D eigenvalue weighted by Crippen LogP contribution is 2.11. The van der Waals surface area contributed by atoms with Gasteiger partial charge in [0.05, 0.1) is 18.9 Å². The van der Waals surface area contributed by atoms with Gasteiger partial charge in [0.15, 0.2) is 0 Å². The Labute approximate surface area is 228 Å². The third kappa shape index (κ3) is 10.4. The van der Waals surface area contributed by atoms with Crippen molar-refractivity contribution < 1.29 is 44.1 Å². The highest BCUT2D eigenvalue weighted by molar-refractivity contribution is 5.96. The fourth-order valence-corrected chi connectivity index (χ4v) is 3.65. The molecule has 0 heterocycles. The van der Waals surface area contributed by atoms with Crippen LogP contribution in [0.1, 0.15) is 24.0 Å². The first-order chi connectivity index (χ1) is 18.8. The van der Waals surface area contributed by atoms with Gasteiger partial charge in [0.2, 0.25) is 23.6 Å². The predicted molar refractivity (Wildman–Crippen MR) is 139 cm³/mol. The number of carbonyl (C=O) groups is 6. The minimum Gasteiger partial charge on any atom is -0.508 e. The minimum absolute atomic E-state index is 0.0201. The molecule has 214 valence electrons. The van der Waals surface area contributed by atoms with Crippen molar-refractivity contribution in [1.82, 2.24) is 16.0 Å². The summed E-state index contributed by atoms with van der Waals surface area (Å²) in [6.45, 7) is 0. The van der Waals surface area contributed by atoms with Crippen LogP contribution < -0.4 is 27.4 Å². The van der Waals surface area contributed by atoms with E-state index in [9.17, 15) is 39.0 Å². The first kappa shape index (κ1) is 31.2. The smallest absolute Gasteiger partial charge is 0.326 e. The Balaban J connectivity index is 2.21. The topological polar surface area (TPSA) is 251 Å². The molecule has 2 aromatic carbocycles. The van der Waals surface area contributed by atoms with Crippen LogP contribution in [0.2, 0.25) is 0 Å². The largest absolute Gasteiger partial charge is 0.508 e. The monoisotopic (exact) mass is 557 g/mol. The summed E-state index contributed by atoms with van der Waals surface area (Å²) in [5, 5.41) is 34.5. The summed E-state index contributed by atoms with van der Waals surface area (Å²) in [5.41, 5.74) is 12.4. The number of aromatic hydroxyl groups is 1. The number of amides is 4. The first-order valence-electron chi connectivity index (χ1n) is 12.1. The molecule has 0 saturated heterocycles. The van der Waals surface area contributed by atoms with Crippen molar-refractivity contribution in [1.29, 1.82) is 0 Å². The molecule has 0 fully saturated rings. The van der Waals surface area contributed by atoms with Gasteiger partial charge in [-0.25, -0.2) is 4.79 Å². The third-order valence-electron chi connectivity index (χ3n) is 5.68. The molecule has 4 atom stereocenters. The zero-order valence-corrected chi connectivity index (χ0v) is 21.3. The van der Waals surface area contributed by atoms with Crippen molar-refractivity contribution in [3.05, 3.63) is 65.7 Å². The number of phenolic OH excluding ortho intramolecular Hbond substituents is 1. The van der Waals surface area contributed by atoms with E-state index in [0.717, 1.165) is 0 Å². The summed E-state index contributed by atoms with van der Waals surface area (Å²) in [7, 11) is 0.